The van der Waals surface area contributed by atoms with Crippen LogP contribution in [0.1, 0.15) is 18.3 Å². The maximum absolute atomic E-state index is 13.2. The lowest BCUT2D eigenvalue weighted by atomic mass is 9.92. The van der Waals surface area contributed by atoms with Gasteiger partial charge in [0.05, 0.1) is 11.3 Å². The molecule has 12 heteroatoms. The van der Waals surface area contributed by atoms with Crippen LogP contribution in [0.15, 0.2) is 59.6 Å². The summed E-state index contributed by atoms with van der Waals surface area (Å²) in [5, 5.41) is 3.40. The zero-order valence-corrected chi connectivity index (χ0v) is 17.8. The van der Waals surface area contributed by atoms with Crippen molar-refractivity contribution in [1.29, 1.82) is 0 Å². The third-order valence-electron chi connectivity index (χ3n) is 4.94. The van der Waals surface area contributed by atoms with Crippen LogP contribution < -0.4 is 10.7 Å². The van der Waals surface area contributed by atoms with Gasteiger partial charge in [0.25, 0.3) is 5.91 Å². The highest BCUT2D eigenvalue weighted by molar-refractivity contribution is 8.00. The summed E-state index contributed by atoms with van der Waals surface area (Å²) in [5.41, 5.74) is 1.45. The number of benzene rings is 2. The van der Waals surface area contributed by atoms with E-state index in [9.17, 15) is 27.6 Å². The molecule has 0 aliphatic carbocycles. The van der Waals surface area contributed by atoms with Crippen LogP contribution in [0.3, 0.4) is 0 Å². The molecular formula is C21H16F3N5O3S. The van der Waals surface area contributed by atoms with Crippen LogP contribution in [0.25, 0.3) is 10.9 Å². The van der Waals surface area contributed by atoms with Crippen LogP contribution in [-0.2, 0) is 21.3 Å². The fraction of sp³-hybridized carbons (Fsp3) is 0.190. The molecule has 3 aromatic rings. The minimum atomic E-state index is -4.76. The molecule has 1 atom stereocenters. The van der Waals surface area contributed by atoms with Crippen molar-refractivity contribution in [2.45, 2.75) is 23.7 Å². The minimum absolute atomic E-state index is 0.0469. The number of halogens is 3. The van der Waals surface area contributed by atoms with E-state index in [2.05, 4.69) is 20.7 Å². The van der Waals surface area contributed by atoms with E-state index >= 15 is 0 Å². The zero-order chi connectivity index (χ0) is 23.8. The lowest BCUT2D eigenvalue weighted by molar-refractivity contribution is -0.145. The molecule has 1 aliphatic rings. The number of imide groups is 1. The predicted octanol–water partition coefficient (Wildman–Crippen LogP) is 3.24. The Morgan fingerprint density at radius 2 is 1.76 bits per heavy atom. The molecule has 2 heterocycles. The molecule has 0 saturated carbocycles. The highest BCUT2D eigenvalue weighted by atomic mass is 32.2. The average Bonchev–Trinajstić information content (AvgIpc) is 3.01. The Bertz CT molecular complexity index is 1250. The first-order valence-electron chi connectivity index (χ1n) is 9.58. The Morgan fingerprint density at radius 1 is 1.09 bits per heavy atom. The molecule has 1 fully saturated rings. The summed E-state index contributed by atoms with van der Waals surface area (Å²) < 4.78 is 39.5. The lowest BCUT2D eigenvalue weighted by Crippen LogP contribution is -2.48. The highest BCUT2D eigenvalue weighted by Crippen LogP contribution is 2.32. The monoisotopic (exact) mass is 475 g/mol. The first-order chi connectivity index (χ1) is 15.6. The second-order valence-corrected chi connectivity index (χ2v) is 8.22. The standard InChI is InChI=1S/C21H16F3N5O3S/c1-20(12-7-3-2-4-8-12)18(31)29(19(32)27-20)28-15(30)11-33-16-13-9-5-6-10-14(13)25-17(26-16)21(22,23)24/h2-10H,11H2,1H3,(H,27,32)(H,28,30). The summed E-state index contributed by atoms with van der Waals surface area (Å²) >= 11 is 0.738. The maximum atomic E-state index is 13.2. The summed E-state index contributed by atoms with van der Waals surface area (Å²) in [5.74, 6) is -3.17. The summed E-state index contributed by atoms with van der Waals surface area (Å²) in [6, 6.07) is 13.8. The van der Waals surface area contributed by atoms with Crippen LogP contribution in [-0.4, -0.2) is 38.6 Å². The molecule has 0 radical (unpaired) electrons. The Hall–Kier alpha value is -3.67. The normalized spacial score (nSPS) is 18.5. The SMILES string of the molecule is CC1(c2ccccc2)NC(=O)N(NC(=O)CSc2nc(C(F)(F)F)nc3ccccc23)C1=O. The van der Waals surface area contributed by atoms with Gasteiger partial charge in [0.1, 0.15) is 10.6 Å². The largest absolute Gasteiger partial charge is 0.451 e. The van der Waals surface area contributed by atoms with Gasteiger partial charge in [-0.3, -0.25) is 15.0 Å². The van der Waals surface area contributed by atoms with E-state index in [4.69, 9.17) is 0 Å². The summed E-state index contributed by atoms with van der Waals surface area (Å²) in [6.07, 6.45) is -4.76. The fourth-order valence-corrected chi connectivity index (χ4v) is 4.09. The molecule has 33 heavy (non-hydrogen) atoms. The van der Waals surface area contributed by atoms with Crippen LogP contribution in [0.2, 0.25) is 0 Å². The van der Waals surface area contributed by atoms with Crippen LogP contribution in [0, 0.1) is 0 Å². The van der Waals surface area contributed by atoms with Crippen LogP contribution >= 0.6 is 11.8 Å². The quantitative estimate of drug-likeness (QED) is 0.334. The van der Waals surface area contributed by atoms with Gasteiger partial charge in [0.2, 0.25) is 11.7 Å². The third-order valence-corrected chi connectivity index (χ3v) is 5.93. The smallest absolute Gasteiger partial charge is 0.318 e. The van der Waals surface area contributed by atoms with Crippen molar-refractivity contribution in [2.24, 2.45) is 0 Å². The number of fused-ring (bicyclic) bond motifs is 1. The van der Waals surface area contributed by atoms with Gasteiger partial charge in [0, 0.05) is 5.39 Å². The Balaban J connectivity index is 1.50. The molecule has 2 N–H and O–H groups in total. The van der Waals surface area contributed by atoms with E-state index < -0.39 is 41.1 Å². The number of urea groups is 1. The van der Waals surface area contributed by atoms with E-state index in [1.54, 1.807) is 42.5 Å². The average molecular weight is 475 g/mol. The number of aromatic nitrogens is 2. The number of para-hydroxylation sites is 1. The van der Waals surface area contributed by atoms with E-state index in [0.29, 0.717) is 16.0 Å². The number of carbonyl (C=O) groups excluding carboxylic acids is 3. The van der Waals surface area contributed by atoms with Crippen molar-refractivity contribution in [3.8, 4) is 0 Å². The van der Waals surface area contributed by atoms with Gasteiger partial charge in [-0.25, -0.2) is 14.8 Å². The second kappa shape index (κ2) is 8.35. The minimum Gasteiger partial charge on any atom is -0.318 e. The van der Waals surface area contributed by atoms with Gasteiger partial charge in [-0.1, -0.05) is 60.3 Å². The Labute approximate surface area is 189 Å². The van der Waals surface area contributed by atoms with Crippen LogP contribution in [0.5, 0.6) is 0 Å². The molecule has 1 aliphatic heterocycles. The number of rotatable bonds is 5. The van der Waals surface area contributed by atoms with Crippen molar-refractivity contribution < 1.29 is 27.6 Å². The number of alkyl halides is 3. The van der Waals surface area contributed by atoms with Gasteiger partial charge in [0.15, 0.2) is 0 Å². The molecule has 1 saturated heterocycles. The number of hydrogen-bond acceptors (Lipinski definition) is 6. The van der Waals surface area contributed by atoms with Crippen molar-refractivity contribution in [1.82, 2.24) is 25.7 Å². The summed E-state index contributed by atoms with van der Waals surface area (Å²) in [6.45, 7) is 1.51. The van der Waals surface area contributed by atoms with Crippen molar-refractivity contribution >= 4 is 40.5 Å². The molecule has 170 valence electrons. The number of hydrazine groups is 1. The van der Waals surface area contributed by atoms with E-state index in [1.165, 1.54) is 19.1 Å². The lowest BCUT2D eigenvalue weighted by Gasteiger charge is -2.22. The van der Waals surface area contributed by atoms with Crippen molar-refractivity contribution in [3.05, 3.63) is 66.0 Å². The highest BCUT2D eigenvalue weighted by Gasteiger charge is 2.50. The number of nitrogens with zero attached hydrogens (tertiary/aromatic N) is 3. The summed E-state index contributed by atoms with van der Waals surface area (Å²) in [7, 11) is 0. The number of carbonyl (C=O) groups is 3. The fourth-order valence-electron chi connectivity index (χ4n) is 3.28. The molecule has 2 aromatic carbocycles. The molecule has 4 amide bonds. The molecule has 8 nitrogen and oxygen atoms in total. The first kappa shape index (κ1) is 22.5. The molecule has 0 spiro atoms. The van der Waals surface area contributed by atoms with E-state index in [0.717, 1.165) is 11.8 Å². The predicted molar refractivity (Wildman–Crippen MR) is 113 cm³/mol. The number of hydrogen-bond donors (Lipinski definition) is 2. The molecule has 1 unspecified atom stereocenters. The van der Waals surface area contributed by atoms with Crippen molar-refractivity contribution in [3.63, 3.8) is 0 Å². The van der Waals surface area contributed by atoms with Gasteiger partial charge in [-0.2, -0.15) is 18.2 Å². The van der Waals surface area contributed by atoms with Gasteiger partial charge in [-0.05, 0) is 18.6 Å². The van der Waals surface area contributed by atoms with Gasteiger partial charge in [-0.15, -0.1) is 0 Å². The van der Waals surface area contributed by atoms with Gasteiger partial charge < -0.3 is 5.32 Å². The van der Waals surface area contributed by atoms with Crippen LogP contribution in [0.4, 0.5) is 18.0 Å². The molecule has 0 bridgehead atoms. The number of nitrogens with one attached hydrogen (secondary N) is 2. The zero-order valence-electron chi connectivity index (χ0n) is 17.0. The first-order valence-corrected chi connectivity index (χ1v) is 10.6. The topological polar surface area (TPSA) is 104 Å². The van der Waals surface area contributed by atoms with Gasteiger partial charge >= 0.3 is 12.2 Å². The molecule has 1 aromatic heterocycles. The number of amides is 4. The third kappa shape index (κ3) is 4.33. The molecular weight excluding hydrogens is 459 g/mol. The number of thioether (sulfide) groups is 1. The summed E-state index contributed by atoms with van der Waals surface area (Å²) in [4.78, 5) is 44.7. The Morgan fingerprint density at radius 3 is 2.45 bits per heavy atom. The Kier molecular flexibility index (Phi) is 5.70. The molecule has 4 rings (SSSR count). The van der Waals surface area contributed by atoms with E-state index in [-0.39, 0.29) is 10.5 Å². The maximum Gasteiger partial charge on any atom is 0.451 e. The second-order valence-electron chi connectivity index (χ2n) is 7.25. The van der Waals surface area contributed by atoms with Crippen molar-refractivity contribution in [2.75, 3.05) is 5.75 Å². The van der Waals surface area contributed by atoms with E-state index in [1.807, 2.05) is 0 Å².